The fraction of sp³-hybridized carbons (Fsp3) is 0.176. The molecular weight excluding hydrogens is 264 g/mol. The molecule has 2 aromatic rings. The highest BCUT2D eigenvalue weighted by molar-refractivity contribution is 5.95. The molecule has 4 heteroatoms. The maximum atomic E-state index is 11.2. The van der Waals surface area contributed by atoms with E-state index in [1.165, 1.54) is 0 Å². The molecule has 108 valence electrons. The largest absolute Gasteiger partial charge is 0.478 e. The molecule has 0 radical (unpaired) electrons. The number of carbonyl (C=O) groups is 1. The van der Waals surface area contributed by atoms with Gasteiger partial charge in [-0.25, -0.2) is 4.79 Å². The number of aryl methyl sites for hydroxylation is 1. The number of aromatic carboxylic acids is 1. The van der Waals surface area contributed by atoms with Crippen molar-refractivity contribution in [2.45, 2.75) is 6.92 Å². The summed E-state index contributed by atoms with van der Waals surface area (Å²) in [5, 5.41) is 9.17. The molecule has 0 saturated carbocycles. The zero-order valence-electron chi connectivity index (χ0n) is 12.4. The zero-order chi connectivity index (χ0) is 15.4. The summed E-state index contributed by atoms with van der Waals surface area (Å²) in [6, 6.07) is 13.0. The number of hydrogen-bond acceptors (Lipinski definition) is 3. The number of benzene rings is 2. The van der Waals surface area contributed by atoms with Crippen LogP contribution in [0.4, 0.5) is 11.4 Å². The maximum Gasteiger partial charge on any atom is 0.337 e. The lowest BCUT2D eigenvalue weighted by molar-refractivity contribution is 0.0698. The minimum absolute atomic E-state index is 0.210. The molecule has 0 aliphatic carbocycles. The van der Waals surface area contributed by atoms with E-state index in [-0.39, 0.29) is 5.56 Å². The predicted molar refractivity (Wildman–Crippen MR) is 86.2 cm³/mol. The van der Waals surface area contributed by atoms with Crippen molar-refractivity contribution >= 4 is 23.6 Å². The van der Waals surface area contributed by atoms with Gasteiger partial charge in [-0.15, -0.1) is 0 Å². The molecular formula is C17H18N2O2. The van der Waals surface area contributed by atoms with Crippen molar-refractivity contribution in [1.82, 2.24) is 0 Å². The third kappa shape index (κ3) is 3.69. The van der Waals surface area contributed by atoms with Crippen molar-refractivity contribution in [1.29, 1.82) is 0 Å². The van der Waals surface area contributed by atoms with Crippen LogP contribution in [0.5, 0.6) is 0 Å². The fourth-order valence-corrected chi connectivity index (χ4v) is 1.93. The summed E-state index contributed by atoms with van der Waals surface area (Å²) in [6.45, 7) is 1.91. The number of hydrogen-bond donors (Lipinski definition) is 1. The van der Waals surface area contributed by atoms with Crippen molar-refractivity contribution in [3.05, 3.63) is 59.2 Å². The molecule has 0 spiro atoms. The Hall–Kier alpha value is -2.62. The molecule has 0 saturated heterocycles. The molecule has 2 aromatic carbocycles. The summed E-state index contributed by atoms with van der Waals surface area (Å²) in [7, 11) is 3.96. The van der Waals surface area contributed by atoms with Gasteiger partial charge < -0.3 is 10.0 Å². The monoisotopic (exact) mass is 282 g/mol. The average molecular weight is 282 g/mol. The predicted octanol–water partition coefficient (Wildman–Crippen LogP) is 3.51. The topological polar surface area (TPSA) is 52.9 Å². The number of rotatable bonds is 4. The van der Waals surface area contributed by atoms with Gasteiger partial charge in [0, 0.05) is 26.0 Å². The van der Waals surface area contributed by atoms with Gasteiger partial charge in [0.15, 0.2) is 0 Å². The molecule has 0 unspecified atom stereocenters. The van der Waals surface area contributed by atoms with E-state index in [1.54, 1.807) is 24.4 Å². The summed E-state index contributed by atoms with van der Waals surface area (Å²) in [6.07, 6.45) is 1.68. The molecule has 0 atom stereocenters. The van der Waals surface area contributed by atoms with E-state index in [2.05, 4.69) is 4.99 Å². The lowest BCUT2D eigenvalue weighted by Gasteiger charge is -2.11. The van der Waals surface area contributed by atoms with Gasteiger partial charge in [-0.1, -0.05) is 18.2 Å². The SMILES string of the molecule is Cc1ccc(C(=O)O)c(N=Cc2ccc(N(C)C)cc2)c1. The molecule has 0 heterocycles. The van der Waals surface area contributed by atoms with Crippen LogP contribution in [0.3, 0.4) is 0 Å². The summed E-state index contributed by atoms with van der Waals surface area (Å²) >= 11 is 0. The number of carboxylic acid groups (broad SMARTS) is 1. The first-order chi connectivity index (χ1) is 9.97. The molecule has 0 aromatic heterocycles. The van der Waals surface area contributed by atoms with Crippen molar-refractivity contribution < 1.29 is 9.90 Å². The minimum atomic E-state index is -0.967. The van der Waals surface area contributed by atoms with E-state index in [9.17, 15) is 9.90 Å². The second kappa shape index (κ2) is 6.22. The molecule has 0 amide bonds. The van der Waals surface area contributed by atoms with Crippen LogP contribution in [0.15, 0.2) is 47.5 Å². The minimum Gasteiger partial charge on any atom is -0.478 e. The molecule has 0 aliphatic heterocycles. The van der Waals surface area contributed by atoms with E-state index in [0.717, 1.165) is 16.8 Å². The van der Waals surface area contributed by atoms with Crippen LogP contribution in [0, 0.1) is 6.92 Å². The average Bonchev–Trinajstić information content (AvgIpc) is 2.45. The summed E-state index contributed by atoms with van der Waals surface area (Å²) in [5.74, 6) is -0.967. The van der Waals surface area contributed by atoms with E-state index < -0.39 is 5.97 Å². The third-order valence-electron chi connectivity index (χ3n) is 3.15. The highest BCUT2D eigenvalue weighted by Crippen LogP contribution is 2.21. The highest BCUT2D eigenvalue weighted by atomic mass is 16.4. The van der Waals surface area contributed by atoms with E-state index >= 15 is 0 Å². The zero-order valence-corrected chi connectivity index (χ0v) is 12.4. The van der Waals surface area contributed by atoms with E-state index in [4.69, 9.17) is 0 Å². The molecule has 4 nitrogen and oxygen atoms in total. The van der Waals surface area contributed by atoms with Crippen LogP contribution in [0.2, 0.25) is 0 Å². The first-order valence-corrected chi connectivity index (χ1v) is 6.63. The van der Waals surface area contributed by atoms with Crippen LogP contribution in [-0.2, 0) is 0 Å². The quantitative estimate of drug-likeness (QED) is 0.873. The van der Waals surface area contributed by atoms with Crippen molar-refractivity contribution in [3.8, 4) is 0 Å². The first kappa shape index (κ1) is 14.8. The Morgan fingerprint density at radius 2 is 1.81 bits per heavy atom. The lowest BCUT2D eigenvalue weighted by atomic mass is 10.1. The normalized spacial score (nSPS) is 10.8. The van der Waals surface area contributed by atoms with Gasteiger partial charge in [-0.3, -0.25) is 4.99 Å². The van der Waals surface area contributed by atoms with Gasteiger partial charge >= 0.3 is 5.97 Å². The van der Waals surface area contributed by atoms with Gasteiger partial charge in [0.1, 0.15) is 0 Å². The van der Waals surface area contributed by atoms with Gasteiger partial charge in [0.05, 0.1) is 11.3 Å². The molecule has 0 bridgehead atoms. The fourth-order valence-electron chi connectivity index (χ4n) is 1.93. The van der Waals surface area contributed by atoms with Gasteiger partial charge in [0.25, 0.3) is 0 Å². The molecule has 1 N–H and O–H groups in total. The van der Waals surface area contributed by atoms with Crippen molar-refractivity contribution in [2.24, 2.45) is 4.99 Å². The third-order valence-corrected chi connectivity index (χ3v) is 3.15. The van der Waals surface area contributed by atoms with Gasteiger partial charge in [0.2, 0.25) is 0 Å². The maximum absolute atomic E-state index is 11.2. The number of anilines is 1. The van der Waals surface area contributed by atoms with E-state index in [0.29, 0.717) is 5.69 Å². The Labute approximate surface area is 124 Å². The molecule has 0 fully saturated rings. The Balaban J connectivity index is 2.28. The Bertz CT molecular complexity index is 674. The second-order valence-electron chi connectivity index (χ2n) is 5.07. The summed E-state index contributed by atoms with van der Waals surface area (Å²) < 4.78 is 0. The van der Waals surface area contributed by atoms with Crippen molar-refractivity contribution in [3.63, 3.8) is 0 Å². The number of nitrogens with zero attached hydrogens (tertiary/aromatic N) is 2. The Morgan fingerprint density at radius 3 is 2.38 bits per heavy atom. The lowest BCUT2D eigenvalue weighted by Crippen LogP contribution is -2.08. The van der Waals surface area contributed by atoms with Crippen molar-refractivity contribution in [2.75, 3.05) is 19.0 Å². The summed E-state index contributed by atoms with van der Waals surface area (Å²) in [5.41, 5.74) is 3.70. The first-order valence-electron chi connectivity index (χ1n) is 6.63. The van der Waals surface area contributed by atoms with E-state index in [1.807, 2.05) is 50.2 Å². The molecule has 21 heavy (non-hydrogen) atoms. The number of aliphatic imine (C=N–C) groups is 1. The van der Waals surface area contributed by atoms with Crippen LogP contribution in [0.25, 0.3) is 0 Å². The van der Waals surface area contributed by atoms with Crippen LogP contribution in [-0.4, -0.2) is 31.4 Å². The van der Waals surface area contributed by atoms with Crippen LogP contribution < -0.4 is 4.90 Å². The Morgan fingerprint density at radius 1 is 1.14 bits per heavy atom. The van der Waals surface area contributed by atoms with Crippen LogP contribution >= 0.6 is 0 Å². The Kier molecular flexibility index (Phi) is 4.38. The second-order valence-corrected chi connectivity index (χ2v) is 5.07. The smallest absolute Gasteiger partial charge is 0.337 e. The van der Waals surface area contributed by atoms with Crippen LogP contribution in [0.1, 0.15) is 21.5 Å². The number of carboxylic acids is 1. The van der Waals surface area contributed by atoms with Gasteiger partial charge in [-0.05, 0) is 42.3 Å². The summed E-state index contributed by atoms with van der Waals surface area (Å²) in [4.78, 5) is 17.5. The molecule has 2 rings (SSSR count). The van der Waals surface area contributed by atoms with Gasteiger partial charge in [-0.2, -0.15) is 0 Å². The molecule has 0 aliphatic rings. The standard InChI is InChI=1S/C17H18N2O2/c1-12-4-9-15(17(20)21)16(10-12)18-11-13-5-7-14(8-6-13)19(2)3/h4-11H,1-3H3,(H,20,21). The highest BCUT2D eigenvalue weighted by Gasteiger charge is 2.08.